The van der Waals surface area contributed by atoms with E-state index in [9.17, 15) is 26.3 Å². The van der Waals surface area contributed by atoms with Crippen LogP contribution in [0.15, 0.2) is 60.7 Å². The van der Waals surface area contributed by atoms with Crippen LogP contribution in [0.1, 0.15) is 61.8 Å². The molecule has 3 rings (SSSR count). The Hall–Kier alpha value is -3.16. The van der Waals surface area contributed by atoms with E-state index in [1.807, 2.05) is 13.8 Å². The van der Waals surface area contributed by atoms with E-state index >= 15 is 0 Å². The lowest BCUT2D eigenvalue weighted by molar-refractivity contribution is -0.190. The fraction of sp³-hybridized carbons (Fsp3) is 0.357. The minimum Gasteiger partial charge on any atom is -0.429 e. The van der Waals surface area contributed by atoms with Crippen molar-refractivity contribution in [2.75, 3.05) is 0 Å². The molecule has 0 atom stereocenters. The lowest BCUT2D eigenvalue weighted by Gasteiger charge is -2.21. The number of unbranched alkanes of at least 4 members (excludes halogenated alkanes) is 3. The lowest BCUT2D eigenvalue weighted by Crippen LogP contribution is -2.25. The summed E-state index contributed by atoms with van der Waals surface area (Å²) >= 11 is 0. The van der Waals surface area contributed by atoms with Crippen LogP contribution < -0.4 is 9.47 Å². The smallest absolute Gasteiger partial charge is 0.429 e. The number of halogens is 6. The van der Waals surface area contributed by atoms with Gasteiger partial charge in [0.15, 0.2) is 0 Å². The summed E-state index contributed by atoms with van der Waals surface area (Å²) in [6.45, 7) is 3.94. The Labute approximate surface area is 206 Å². The van der Waals surface area contributed by atoms with E-state index in [1.54, 1.807) is 12.1 Å². The second kappa shape index (κ2) is 11.7. The summed E-state index contributed by atoms with van der Waals surface area (Å²) in [5.41, 5.74) is -0.922. The number of rotatable bonds is 12. The van der Waals surface area contributed by atoms with Gasteiger partial charge in [0, 0.05) is 0 Å². The molecule has 0 bridgehead atoms. The number of alkyl halides is 4. The fourth-order valence-electron chi connectivity index (χ4n) is 3.72. The molecule has 0 radical (unpaired) electrons. The van der Waals surface area contributed by atoms with Gasteiger partial charge in [0.05, 0.1) is 5.56 Å². The van der Waals surface area contributed by atoms with Crippen molar-refractivity contribution in [3.63, 3.8) is 0 Å². The molecule has 0 amide bonds. The first-order valence-electron chi connectivity index (χ1n) is 11.9. The van der Waals surface area contributed by atoms with Crippen LogP contribution in [0.25, 0.3) is 0 Å². The molecule has 0 saturated heterocycles. The molecule has 0 unspecified atom stereocenters. The van der Waals surface area contributed by atoms with Gasteiger partial charge in [-0.3, -0.25) is 0 Å². The van der Waals surface area contributed by atoms with Crippen LogP contribution in [0, 0.1) is 11.6 Å². The molecule has 0 aliphatic heterocycles. The zero-order valence-electron chi connectivity index (χ0n) is 20.1. The Kier molecular flexibility index (Phi) is 8.93. The molecule has 0 saturated carbocycles. The maximum absolute atomic E-state index is 14.7. The molecule has 0 spiro atoms. The largest absolute Gasteiger partial charge is 0.432 e. The molecule has 36 heavy (non-hydrogen) atoms. The molecule has 0 aliphatic carbocycles. The summed E-state index contributed by atoms with van der Waals surface area (Å²) < 4.78 is 96.5. The number of hydrogen-bond donors (Lipinski definition) is 0. The summed E-state index contributed by atoms with van der Waals surface area (Å²) in [6, 6.07) is 11.3. The third kappa shape index (κ3) is 6.95. The molecule has 0 heterocycles. The van der Waals surface area contributed by atoms with Crippen molar-refractivity contribution < 1.29 is 35.8 Å². The number of benzene rings is 3. The Morgan fingerprint density at radius 2 is 1.17 bits per heavy atom. The minimum absolute atomic E-state index is 0.0659. The zero-order valence-corrected chi connectivity index (χ0v) is 20.1. The van der Waals surface area contributed by atoms with Gasteiger partial charge in [-0.15, -0.1) is 0 Å². The average Bonchev–Trinajstić information content (AvgIpc) is 2.81. The molecule has 0 N–H and O–H groups in total. The number of hydrogen-bond acceptors (Lipinski definition) is 2. The molecule has 8 heteroatoms. The Balaban J connectivity index is 1.71. The average molecular weight is 511 g/mol. The third-order valence-electron chi connectivity index (χ3n) is 5.73. The van der Waals surface area contributed by atoms with Crippen molar-refractivity contribution in [2.24, 2.45) is 0 Å². The molecule has 3 aromatic rings. The molecular formula is C28H28F6O2. The first-order chi connectivity index (χ1) is 17.1. The molecule has 0 fully saturated rings. The van der Waals surface area contributed by atoms with Gasteiger partial charge in [0.25, 0.3) is 0 Å². The summed E-state index contributed by atoms with van der Waals surface area (Å²) in [6.07, 6.45) is -3.51. The van der Waals surface area contributed by atoms with Crippen molar-refractivity contribution in [1.82, 2.24) is 0 Å². The van der Waals surface area contributed by atoms with E-state index < -0.39 is 40.7 Å². The SMILES string of the molecule is CCCCCCc1cc(F)c(C(F)(F)Oc2ccc(C(F)(F)Oc3ccc(CC)cc3)cc2)c(F)c1. The highest BCUT2D eigenvalue weighted by Crippen LogP contribution is 2.37. The summed E-state index contributed by atoms with van der Waals surface area (Å²) in [5, 5.41) is 0. The minimum atomic E-state index is -4.36. The van der Waals surface area contributed by atoms with Crippen LogP contribution in [0.4, 0.5) is 26.3 Å². The van der Waals surface area contributed by atoms with Crippen LogP contribution in [-0.4, -0.2) is 0 Å². The normalized spacial score (nSPS) is 12.0. The molecular weight excluding hydrogens is 482 g/mol. The third-order valence-corrected chi connectivity index (χ3v) is 5.73. The lowest BCUT2D eigenvalue weighted by atomic mass is 10.0. The summed E-state index contributed by atoms with van der Waals surface area (Å²) in [5.74, 6) is -3.48. The van der Waals surface area contributed by atoms with E-state index in [2.05, 4.69) is 4.74 Å². The molecule has 194 valence electrons. The van der Waals surface area contributed by atoms with Gasteiger partial charge in [-0.1, -0.05) is 45.2 Å². The van der Waals surface area contributed by atoms with Crippen molar-refractivity contribution in [2.45, 2.75) is 64.6 Å². The standard InChI is InChI=1S/C28H28F6O2/c1-3-5-6-7-8-20-17-24(29)26(25(30)18-20)28(33,34)36-23-15-11-21(12-16-23)27(31,32)35-22-13-9-19(4-2)10-14-22/h9-18H,3-8H2,1-2H3. The maximum Gasteiger partial charge on any atom is 0.432 e. The van der Waals surface area contributed by atoms with Crippen molar-refractivity contribution >= 4 is 0 Å². The van der Waals surface area contributed by atoms with E-state index in [0.29, 0.717) is 12.8 Å². The van der Waals surface area contributed by atoms with Crippen molar-refractivity contribution in [3.8, 4) is 11.5 Å². The van der Waals surface area contributed by atoms with Gasteiger partial charge in [0.1, 0.15) is 28.7 Å². The van der Waals surface area contributed by atoms with Crippen molar-refractivity contribution in [1.29, 1.82) is 0 Å². The van der Waals surface area contributed by atoms with Crippen molar-refractivity contribution in [3.05, 3.63) is 94.6 Å². The van der Waals surface area contributed by atoms with Gasteiger partial charge in [-0.25, -0.2) is 8.78 Å². The van der Waals surface area contributed by atoms with Crippen LogP contribution in [0.5, 0.6) is 11.5 Å². The quantitative estimate of drug-likeness (QED) is 0.179. The predicted octanol–water partition coefficient (Wildman–Crippen LogP) is 8.91. The first-order valence-corrected chi connectivity index (χ1v) is 11.9. The van der Waals surface area contributed by atoms with E-state index in [0.717, 1.165) is 67.6 Å². The first kappa shape index (κ1) is 27.4. The van der Waals surface area contributed by atoms with Gasteiger partial charge >= 0.3 is 12.2 Å². The maximum atomic E-state index is 14.7. The molecule has 0 aromatic heterocycles. The van der Waals surface area contributed by atoms with E-state index in [-0.39, 0.29) is 11.3 Å². The molecule has 2 nitrogen and oxygen atoms in total. The second-order valence-corrected chi connectivity index (χ2v) is 8.50. The predicted molar refractivity (Wildman–Crippen MR) is 126 cm³/mol. The topological polar surface area (TPSA) is 18.5 Å². The van der Waals surface area contributed by atoms with Crippen LogP contribution in [0.2, 0.25) is 0 Å². The van der Waals surface area contributed by atoms with E-state index in [4.69, 9.17) is 4.74 Å². The highest BCUT2D eigenvalue weighted by atomic mass is 19.3. The van der Waals surface area contributed by atoms with E-state index in [1.165, 1.54) is 12.1 Å². The van der Waals surface area contributed by atoms with Crippen LogP contribution in [-0.2, 0) is 25.1 Å². The number of aryl methyl sites for hydroxylation is 2. The monoisotopic (exact) mass is 510 g/mol. The number of ether oxygens (including phenoxy) is 2. The second-order valence-electron chi connectivity index (χ2n) is 8.50. The Morgan fingerprint density at radius 1 is 0.639 bits per heavy atom. The summed E-state index contributed by atoms with van der Waals surface area (Å²) in [7, 11) is 0. The van der Waals surface area contributed by atoms with Gasteiger partial charge < -0.3 is 9.47 Å². The Bertz CT molecular complexity index is 1100. The van der Waals surface area contributed by atoms with Crippen LogP contribution in [0.3, 0.4) is 0 Å². The molecule has 0 aliphatic rings. The summed E-state index contributed by atoms with van der Waals surface area (Å²) in [4.78, 5) is 0. The fourth-order valence-corrected chi connectivity index (χ4v) is 3.72. The Morgan fingerprint density at radius 3 is 1.69 bits per heavy atom. The van der Waals surface area contributed by atoms with Gasteiger partial charge in [-0.2, -0.15) is 17.6 Å². The van der Waals surface area contributed by atoms with Gasteiger partial charge in [0.2, 0.25) is 0 Å². The highest BCUT2D eigenvalue weighted by molar-refractivity contribution is 5.34. The molecule has 3 aromatic carbocycles. The van der Waals surface area contributed by atoms with Crippen LogP contribution >= 0.6 is 0 Å². The van der Waals surface area contributed by atoms with Gasteiger partial charge in [-0.05, 0) is 78.9 Å². The zero-order chi connectivity index (χ0) is 26.3. The highest BCUT2D eigenvalue weighted by Gasteiger charge is 2.41.